The summed E-state index contributed by atoms with van der Waals surface area (Å²) in [6, 6.07) is 10.3. The summed E-state index contributed by atoms with van der Waals surface area (Å²) in [6.45, 7) is 11.8. The van der Waals surface area contributed by atoms with E-state index in [4.69, 9.17) is 53.8 Å². The van der Waals surface area contributed by atoms with Crippen LogP contribution in [0.4, 0.5) is 28.6 Å². The Bertz CT molecular complexity index is 4140. The van der Waals surface area contributed by atoms with Crippen LogP contribution >= 0.6 is 80.8 Å². The number of ether oxygens (including phenoxy) is 4. The lowest BCUT2D eigenvalue weighted by atomic mass is 9.99. The van der Waals surface area contributed by atoms with Crippen molar-refractivity contribution in [3.63, 3.8) is 0 Å². The van der Waals surface area contributed by atoms with E-state index in [2.05, 4.69) is 87.0 Å². The number of aromatic nitrogens is 12. The fourth-order valence-electron chi connectivity index (χ4n) is 9.46. The average molecular weight is 1410 g/mol. The van der Waals surface area contributed by atoms with Crippen molar-refractivity contribution in [1.82, 2.24) is 64.8 Å². The summed E-state index contributed by atoms with van der Waals surface area (Å²) < 4.78 is 64.0. The minimum atomic E-state index is -2.38. The summed E-state index contributed by atoms with van der Waals surface area (Å²) >= 11 is 23.4. The molecular weight excluding hydrogens is 1350 g/mol. The van der Waals surface area contributed by atoms with Gasteiger partial charge in [0.2, 0.25) is 21.8 Å². The van der Waals surface area contributed by atoms with Crippen LogP contribution in [-0.2, 0) is 16.8 Å². The van der Waals surface area contributed by atoms with Gasteiger partial charge in [-0.2, -0.15) is 0 Å². The first-order valence-electron chi connectivity index (χ1n) is 28.6. The smallest absolute Gasteiger partial charge is 0.259 e. The molecule has 2 aliphatic heterocycles. The molecule has 3 fully saturated rings. The Hall–Kier alpha value is -7.68. The Morgan fingerprint density at radius 1 is 0.634 bits per heavy atom. The van der Waals surface area contributed by atoms with Crippen LogP contribution in [-0.4, -0.2) is 143 Å². The number of amides is 3. The molecule has 0 aromatic carbocycles. The number of alkyl halides is 3. The Morgan fingerprint density at radius 2 is 1.08 bits per heavy atom. The maximum absolute atomic E-state index is 14.8. The predicted molar refractivity (Wildman–Crippen MR) is 354 cm³/mol. The predicted octanol–water partition coefficient (Wildman–Crippen LogP) is 13.6. The van der Waals surface area contributed by atoms with Gasteiger partial charge in [0.05, 0.1) is 69.8 Å². The van der Waals surface area contributed by atoms with E-state index < -0.39 is 29.8 Å². The number of carbonyl (C=O) groups excluding carboxylic acids is 3. The molecule has 3 amide bonds. The van der Waals surface area contributed by atoms with Crippen LogP contribution in [0.3, 0.4) is 0 Å². The number of carbonyl (C=O) groups is 3. The highest BCUT2D eigenvalue weighted by Gasteiger charge is 2.47. The first-order valence-corrected chi connectivity index (χ1v) is 33.4. The third kappa shape index (κ3) is 16.8. The molecule has 0 radical (unpaired) electrons. The van der Waals surface area contributed by atoms with E-state index in [0.29, 0.717) is 103 Å². The molecule has 3 unspecified atom stereocenters. The molecular formula is C60H60Cl3F3N16O7S4. The fraction of sp³-hybridized carbons (Fsp3) is 0.350. The number of halogens is 6. The van der Waals surface area contributed by atoms with Gasteiger partial charge in [0.15, 0.2) is 10.7 Å². The third-order valence-corrected chi connectivity index (χ3v) is 18.9. The summed E-state index contributed by atoms with van der Waals surface area (Å²) in [7, 11) is 4.55. The molecule has 3 aliphatic rings. The van der Waals surface area contributed by atoms with Crippen LogP contribution in [0.2, 0.25) is 15.5 Å². The lowest BCUT2D eigenvalue weighted by Gasteiger charge is -2.35. The van der Waals surface area contributed by atoms with Gasteiger partial charge in [-0.25, -0.2) is 32.4 Å². The van der Waals surface area contributed by atoms with Crippen molar-refractivity contribution >= 4 is 114 Å². The molecule has 3 N–H and O–H groups in total. The van der Waals surface area contributed by atoms with Gasteiger partial charge in [-0.15, -0.1) is 30.6 Å². The molecule has 9 aromatic heterocycles. The van der Waals surface area contributed by atoms with Gasteiger partial charge < -0.3 is 18.9 Å². The number of hydrogen-bond donors (Lipinski definition) is 3. The van der Waals surface area contributed by atoms with E-state index in [-0.39, 0.29) is 61.6 Å². The highest BCUT2D eigenvalue weighted by Crippen LogP contribution is 2.52. The number of methoxy groups -OCH3 is 3. The SMILES string of the molecule is CC.CCc1cc(-c2cc(Cl)ncc2OC)c(C(=O)Nc2nnc(C3CC3C(F)F)s2)cn1.COc1cnc(Cl)cc1-c1cc(C)ncc1C(=O)Nc1nnc(C2(F)CCOC2)s1.COc1cnc(Cl)cc1-c1cc(C)ncc1C(=O)Nc1nnc(C2CN(SC)C2)s1. The zero-order valence-corrected chi connectivity index (χ0v) is 56.8. The number of aryl methyl sites for hydroxylation is 3. The second kappa shape index (κ2) is 31.5. The van der Waals surface area contributed by atoms with Gasteiger partial charge in [-0.05, 0) is 69.3 Å². The van der Waals surface area contributed by atoms with Gasteiger partial charge >= 0.3 is 0 Å². The molecule has 33 heteroatoms. The van der Waals surface area contributed by atoms with Crippen molar-refractivity contribution in [2.45, 2.75) is 77.8 Å². The molecule has 93 heavy (non-hydrogen) atoms. The summed E-state index contributed by atoms with van der Waals surface area (Å²) in [4.78, 5) is 64.0. The standard InChI is InChI=1S/C20H18ClF2N5O2S.C19H17ClFN5O3S.C19H19ClN6O2S2.C2H6/c1-3-9-4-10(11-6-16(21)25-8-15(11)30-2)14(7-24-9)18(29)26-20-28-27-19(31-20)13-5-12(13)17(22)23;1-10-5-11(12-6-15(20)23-8-14(12)28-2)13(7-22-10)16(27)24-18-26-25-17(30-18)19(21)3-4-29-9-19;1-10-4-12(13-5-16(20)22-7-15(13)28-2)14(6-21-10)17(27)23-19-25-24-18(30-19)11-8-26(9-11)29-3;1-2/h4,6-8,12-13,17H,3,5H2,1-2H3,(H,26,28,29);5-8H,3-4,9H2,1-2H3,(H,24,26,27);4-7,11H,8-9H2,1-3H3,(H,23,25,27);1-2H3. The Labute approximate surface area is 563 Å². The fourth-order valence-corrected chi connectivity index (χ4v) is 13.2. The largest absolute Gasteiger partial charge is 0.494 e. The number of anilines is 3. The van der Waals surface area contributed by atoms with Gasteiger partial charge in [0.25, 0.3) is 17.7 Å². The van der Waals surface area contributed by atoms with E-state index >= 15 is 0 Å². The van der Waals surface area contributed by atoms with E-state index in [1.807, 2.05) is 40.7 Å². The zero-order chi connectivity index (χ0) is 66.7. The summed E-state index contributed by atoms with van der Waals surface area (Å²) in [5.41, 5.74) is 5.18. The minimum Gasteiger partial charge on any atom is -0.494 e. The van der Waals surface area contributed by atoms with Gasteiger partial charge in [0.1, 0.15) is 42.7 Å². The van der Waals surface area contributed by atoms with Crippen molar-refractivity contribution in [3.05, 3.63) is 138 Å². The average Bonchev–Trinajstić information content (AvgIpc) is 1.78. The van der Waals surface area contributed by atoms with Crippen LogP contribution in [0.15, 0.2) is 73.6 Å². The van der Waals surface area contributed by atoms with Crippen molar-refractivity contribution in [1.29, 1.82) is 0 Å². The Morgan fingerprint density at radius 3 is 1.51 bits per heavy atom. The molecule has 1 saturated carbocycles. The number of nitrogens with one attached hydrogen (secondary N) is 3. The molecule has 1 aliphatic carbocycles. The summed E-state index contributed by atoms with van der Waals surface area (Å²) in [6.07, 6.45) is 9.92. The monoisotopic (exact) mass is 1410 g/mol. The lowest BCUT2D eigenvalue weighted by molar-refractivity contribution is 0.101. The van der Waals surface area contributed by atoms with Gasteiger partial charge in [-0.3, -0.25) is 45.3 Å². The van der Waals surface area contributed by atoms with E-state index in [0.717, 1.165) is 52.2 Å². The number of nitrogens with zero attached hydrogens (tertiary/aromatic N) is 13. The molecule has 2 saturated heterocycles. The molecule has 3 atom stereocenters. The molecule has 488 valence electrons. The van der Waals surface area contributed by atoms with Crippen molar-refractivity contribution < 1.29 is 46.5 Å². The molecule has 9 aromatic rings. The maximum Gasteiger partial charge on any atom is 0.259 e. The van der Waals surface area contributed by atoms with E-state index in [1.165, 1.54) is 62.7 Å². The zero-order valence-electron chi connectivity index (χ0n) is 51.3. The molecule has 12 rings (SSSR count). The van der Waals surface area contributed by atoms with E-state index in [9.17, 15) is 27.6 Å². The second-order valence-electron chi connectivity index (χ2n) is 20.4. The number of pyridine rings is 6. The van der Waals surface area contributed by atoms with Crippen LogP contribution in [0.5, 0.6) is 17.2 Å². The quantitative estimate of drug-likeness (QED) is 0.0531. The highest BCUT2D eigenvalue weighted by atomic mass is 35.5. The van der Waals surface area contributed by atoms with Gasteiger partial charge in [-0.1, -0.05) is 102 Å². The van der Waals surface area contributed by atoms with Crippen molar-refractivity contribution in [2.75, 3.05) is 69.8 Å². The maximum atomic E-state index is 14.8. The van der Waals surface area contributed by atoms with E-state index in [1.54, 1.807) is 49.4 Å². The van der Waals surface area contributed by atoms with Crippen LogP contribution in [0, 0.1) is 19.8 Å². The van der Waals surface area contributed by atoms with Crippen LogP contribution in [0.25, 0.3) is 33.4 Å². The molecule has 0 bridgehead atoms. The Balaban J connectivity index is 0.000000162. The number of rotatable bonds is 18. The topological polar surface area (TPSA) is 282 Å². The first-order chi connectivity index (χ1) is 44.8. The van der Waals surface area contributed by atoms with Crippen molar-refractivity contribution in [2.24, 2.45) is 5.92 Å². The Kier molecular flexibility index (Phi) is 23.6. The third-order valence-electron chi connectivity index (χ3n) is 14.4. The van der Waals surface area contributed by atoms with Crippen molar-refractivity contribution in [3.8, 4) is 50.6 Å². The molecule has 0 spiro atoms. The molecule has 23 nitrogen and oxygen atoms in total. The van der Waals surface area contributed by atoms with Crippen LogP contribution in [0.1, 0.15) is 109 Å². The number of hydrogen-bond acceptors (Lipinski definition) is 24. The highest BCUT2D eigenvalue weighted by molar-refractivity contribution is 7.96. The first kappa shape index (κ1) is 69.7. The molecule has 11 heterocycles. The summed E-state index contributed by atoms with van der Waals surface area (Å²) in [5, 5.41) is 35.6. The lowest BCUT2D eigenvalue weighted by Crippen LogP contribution is -2.39. The summed E-state index contributed by atoms with van der Waals surface area (Å²) in [5.74, 6) is -0.440. The minimum absolute atomic E-state index is 0.0653. The normalized spacial score (nSPS) is 16.5. The van der Waals surface area contributed by atoms with Crippen LogP contribution < -0.4 is 30.2 Å². The van der Waals surface area contributed by atoms with Gasteiger partial charge in [0, 0.05) is 106 Å². The second-order valence-corrected chi connectivity index (χ2v) is 25.5.